The molecule has 0 atom stereocenters. The van der Waals surface area contributed by atoms with Crippen LogP contribution in [0.15, 0.2) is 59.0 Å². The van der Waals surface area contributed by atoms with Gasteiger partial charge in [-0.25, -0.2) is 0 Å². The quantitative estimate of drug-likeness (QED) is 0.286. The SMILES string of the molecule is Cc1c(-c2oc3c4ccccc4sc3[n+]2C)cc(C(C)(C)C)c2ccccc12. The van der Waals surface area contributed by atoms with Crippen molar-refractivity contribution in [2.24, 2.45) is 7.05 Å². The zero-order valence-corrected chi connectivity index (χ0v) is 17.8. The van der Waals surface area contributed by atoms with E-state index in [0.29, 0.717) is 0 Å². The number of benzene rings is 3. The van der Waals surface area contributed by atoms with Gasteiger partial charge in [-0.05, 0) is 52.4 Å². The minimum absolute atomic E-state index is 0.0529. The maximum atomic E-state index is 6.51. The van der Waals surface area contributed by atoms with Gasteiger partial charge in [0.25, 0.3) is 0 Å². The monoisotopic (exact) mass is 386 g/mol. The summed E-state index contributed by atoms with van der Waals surface area (Å²) in [5.41, 5.74) is 4.84. The van der Waals surface area contributed by atoms with Gasteiger partial charge in [0, 0.05) is 10.1 Å². The molecule has 5 rings (SSSR count). The van der Waals surface area contributed by atoms with Crippen LogP contribution >= 0.6 is 11.3 Å². The molecule has 0 fully saturated rings. The van der Waals surface area contributed by atoms with Crippen LogP contribution in [0.4, 0.5) is 0 Å². The van der Waals surface area contributed by atoms with Crippen molar-refractivity contribution < 1.29 is 8.98 Å². The first-order chi connectivity index (χ1) is 13.4. The molecule has 5 aromatic rings. The molecular weight excluding hydrogens is 362 g/mol. The molecule has 0 aliphatic heterocycles. The Morgan fingerprint density at radius 3 is 2.25 bits per heavy atom. The van der Waals surface area contributed by atoms with E-state index in [1.54, 1.807) is 11.3 Å². The summed E-state index contributed by atoms with van der Waals surface area (Å²) in [5.74, 6) is 0.931. The lowest BCUT2D eigenvalue weighted by Gasteiger charge is -2.23. The maximum absolute atomic E-state index is 6.51. The molecule has 0 aliphatic rings. The number of hydrogen-bond donors (Lipinski definition) is 0. The first kappa shape index (κ1) is 17.4. The van der Waals surface area contributed by atoms with Crippen molar-refractivity contribution in [3.63, 3.8) is 0 Å². The van der Waals surface area contributed by atoms with E-state index in [1.165, 1.54) is 42.4 Å². The second-order valence-corrected chi connectivity index (χ2v) is 9.62. The fourth-order valence-electron chi connectivity index (χ4n) is 4.18. The molecule has 28 heavy (non-hydrogen) atoms. The summed E-state index contributed by atoms with van der Waals surface area (Å²) in [6.45, 7) is 9.05. The van der Waals surface area contributed by atoms with Crippen molar-refractivity contribution in [1.82, 2.24) is 0 Å². The zero-order chi connectivity index (χ0) is 19.6. The molecule has 3 aromatic carbocycles. The zero-order valence-electron chi connectivity index (χ0n) is 17.0. The van der Waals surface area contributed by atoms with Crippen LogP contribution < -0.4 is 4.57 Å². The molecule has 0 bridgehead atoms. The number of aryl methyl sites for hydroxylation is 2. The highest BCUT2D eigenvalue weighted by Crippen LogP contribution is 2.40. The van der Waals surface area contributed by atoms with Crippen LogP contribution in [-0.4, -0.2) is 0 Å². The maximum Gasteiger partial charge on any atom is 0.382 e. The van der Waals surface area contributed by atoms with Gasteiger partial charge < -0.3 is 4.42 Å². The lowest BCUT2D eigenvalue weighted by atomic mass is 9.81. The Morgan fingerprint density at radius 2 is 1.54 bits per heavy atom. The molecule has 3 heteroatoms. The number of thiophene rings is 1. The van der Waals surface area contributed by atoms with E-state index in [4.69, 9.17) is 4.42 Å². The van der Waals surface area contributed by atoms with Crippen LogP contribution in [-0.2, 0) is 12.5 Å². The number of hydrogen-bond acceptors (Lipinski definition) is 2. The van der Waals surface area contributed by atoms with Gasteiger partial charge in [-0.15, -0.1) is 4.57 Å². The van der Waals surface area contributed by atoms with E-state index in [0.717, 1.165) is 11.5 Å². The molecule has 2 heterocycles. The average Bonchev–Trinajstić information content (AvgIpc) is 3.18. The van der Waals surface area contributed by atoms with Gasteiger partial charge in [0.2, 0.25) is 5.58 Å². The lowest BCUT2D eigenvalue weighted by molar-refractivity contribution is -0.635. The van der Waals surface area contributed by atoms with E-state index < -0.39 is 0 Å². The van der Waals surface area contributed by atoms with Crippen LogP contribution in [0.2, 0.25) is 0 Å². The molecule has 0 amide bonds. The Labute approximate surface area is 169 Å². The normalized spacial score (nSPS) is 12.5. The smallest absolute Gasteiger partial charge is 0.382 e. The van der Waals surface area contributed by atoms with E-state index in [1.807, 2.05) is 0 Å². The summed E-state index contributed by atoms with van der Waals surface area (Å²) in [4.78, 5) is 1.18. The van der Waals surface area contributed by atoms with Gasteiger partial charge >= 0.3 is 10.7 Å². The van der Waals surface area contributed by atoms with Crippen LogP contribution in [0.25, 0.3) is 42.7 Å². The first-order valence-electron chi connectivity index (χ1n) is 9.69. The van der Waals surface area contributed by atoms with Crippen LogP contribution in [0.3, 0.4) is 0 Å². The fourth-order valence-corrected chi connectivity index (χ4v) is 5.27. The minimum atomic E-state index is 0.0529. The second kappa shape index (κ2) is 5.92. The summed E-state index contributed by atoms with van der Waals surface area (Å²) >= 11 is 1.79. The van der Waals surface area contributed by atoms with E-state index in [2.05, 4.69) is 93.9 Å². The van der Waals surface area contributed by atoms with Gasteiger partial charge in [0.1, 0.15) is 7.05 Å². The number of rotatable bonds is 1. The Bertz CT molecular complexity index is 1360. The van der Waals surface area contributed by atoms with Gasteiger partial charge in [0.15, 0.2) is 0 Å². The summed E-state index contributed by atoms with van der Waals surface area (Å²) < 4.78 is 9.99. The molecular formula is C25H24NOS+. The Morgan fingerprint density at radius 1 is 0.893 bits per heavy atom. The fraction of sp³-hybridized carbons (Fsp3) is 0.240. The highest BCUT2D eigenvalue weighted by atomic mass is 32.1. The molecule has 0 spiro atoms. The number of nitrogens with zero attached hydrogens (tertiary/aromatic N) is 1. The Balaban J connectivity index is 1.87. The summed E-state index contributed by atoms with van der Waals surface area (Å²) in [7, 11) is 2.11. The lowest BCUT2D eigenvalue weighted by Crippen LogP contribution is -2.28. The summed E-state index contributed by atoms with van der Waals surface area (Å²) in [6, 6.07) is 19.5. The number of fused-ring (bicyclic) bond motifs is 4. The molecule has 0 saturated heterocycles. The molecule has 0 saturated carbocycles. The number of oxazole rings is 1. The third-order valence-electron chi connectivity index (χ3n) is 5.69. The van der Waals surface area contributed by atoms with E-state index in [9.17, 15) is 0 Å². The topological polar surface area (TPSA) is 17.0 Å². The largest absolute Gasteiger partial charge is 0.396 e. The van der Waals surface area contributed by atoms with Crippen molar-refractivity contribution in [2.45, 2.75) is 33.1 Å². The molecule has 0 aliphatic carbocycles. The minimum Gasteiger partial charge on any atom is -0.396 e. The van der Waals surface area contributed by atoms with Gasteiger partial charge in [-0.2, -0.15) is 0 Å². The third kappa shape index (κ3) is 2.43. The highest BCUT2D eigenvalue weighted by molar-refractivity contribution is 7.25. The Hall–Kier alpha value is -2.65. The van der Waals surface area contributed by atoms with Crippen molar-refractivity contribution in [3.05, 3.63) is 65.7 Å². The summed E-state index contributed by atoms with van der Waals surface area (Å²) in [5, 5.41) is 3.83. The van der Waals surface area contributed by atoms with Crippen molar-refractivity contribution in [3.8, 4) is 11.5 Å². The molecule has 0 radical (unpaired) electrons. The van der Waals surface area contributed by atoms with Crippen molar-refractivity contribution >= 4 is 42.6 Å². The van der Waals surface area contributed by atoms with Crippen molar-refractivity contribution in [2.75, 3.05) is 0 Å². The predicted molar refractivity (Wildman–Crippen MR) is 119 cm³/mol. The van der Waals surface area contributed by atoms with Gasteiger partial charge in [-0.3, -0.25) is 0 Å². The van der Waals surface area contributed by atoms with Crippen LogP contribution in [0, 0.1) is 6.92 Å². The molecule has 2 nitrogen and oxygen atoms in total. The van der Waals surface area contributed by atoms with Crippen molar-refractivity contribution in [1.29, 1.82) is 0 Å². The van der Waals surface area contributed by atoms with E-state index in [-0.39, 0.29) is 5.41 Å². The molecule has 0 unspecified atom stereocenters. The Kier molecular flexibility index (Phi) is 3.69. The first-order valence-corrected chi connectivity index (χ1v) is 10.5. The van der Waals surface area contributed by atoms with Crippen LogP contribution in [0.5, 0.6) is 0 Å². The molecule has 0 N–H and O–H groups in total. The second-order valence-electron chi connectivity index (χ2n) is 8.59. The summed E-state index contributed by atoms with van der Waals surface area (Å²) in [6.07, 6.45) is 0. The highest BCUT2D eigenvalue weighted by Gasteiger charge is 2.29. The van der Waals surface area contributed by atoms with Crippen LogP contribution in [0.1, 0.15) is 31.9 Å². The van der Waals surface area contributed by atoms with Gasteiger partial charge in [-0.1, -0.05) is 68.5 Å². The molecule has 2 aromatic heterocycles. The molecule has 140 valence electrons. The van der Waals surface area contributed by atoms with Gasteiger partial charge in [0.05, 0.1) is 5.56 Å². The van der Waals surface area contributed by atoms with E-state index >= 15 is 0 Å². The number of aromatic nitrogens is 1. The predicted octanol–water partition coefficient (Wildman–Crippen LogP) is 6.90. The average molecular weight is 387 g/mol. The standard InChI is InChI=1S/C25H24NOS/c1-15-16-10-6-7-11-17(16)20(25(2,3)4)14-19(15)23-26(5)24-22(27-23)18-12-8-9-13-21(18)28-24/h6-14H,1-5H3/q+1. The third-order valence-corrected chi connectivity index (χ3v) is 6.92.